The van der Waals surface area contributed by atoms with Crippen LogP contribution >= 0.6 is 35.0 Å². The molecule has 1 saturated heterocycles. The lowest BCUT2D eigenvalue weighted by Gasteiger charge is -2.30. The Labute approximate surface area is 129 Å². The van der Waals surface area contributed by atoms with Crippen molar-refractivity contribution in [1.29, 1.82) is 0 Å². The highest BCUT2D eigenvalue weighted by Gasteiger charge is 2.44. The van der Waals surface area contributed by atoms with Gasteiger partial charge in [-0.1, -0.05) is 35.0 Å². The largest absolute Gasteiger partial charge is 0.366 e. The molecule has 0 spiro atoms. The minimum atomic E-state index is -4.10. The van der Waals surface area contributed by atoms with E-state index in [-0.39, 0.29) is 26.6 Å². The lowest BCUT2D eigenvalue weighted by atomic mass is 10.0. The molecule has 110 valence electrons. The molecule has 2 rings (SSSR count). The zero-order valence-electron chi connectivity index (χ0n) is 10.1. The molecule has 3 N–H and O–H groups in total. The van der Waals surface area contributed by atoms with Gasteiger partial charge >= 0.3 is 0 Å². The fourth-order valence-corrected chi connectivity index (χ4v) is 4.17. The molecule has 1 aromatic carbocycles. The van der Waals surface area contributed by atoms with Gasteiger partial charge in [-0.3, -0.25) is 4.79 Å². The Morgan fingerprint density at radius 1 is 1.45 bits per heavy atom. The minimum absolute atomic E-state index is 0.0460. The van der Waals surface area contributed by atoms with Gasteiger partial charge < -0.3 is 10.0 Å². The van der Waals surface area contributed by atoms with Crippen molar-refractivity contribution in [3.8, 4) is 0 Å². The van der Waals surface area contributed by atoms with E-state index in [9.17, 15) is 18.3 Å². The van der Waals surface area contributed by atoms with Gasteiger partial charge in [0.2, 0.25) is 10.0 Å². The Morgan fingerprint density at radius 3 is 2.50 bits per heavy atom. The third-order valence-corrected chi connectivity index (χ3v) is 5.91. The van der Waals surface area contributed by atoms with E-state index < -0.39 is 20.6 Å². The van der Waals surface area contributed by atoms with Crippen LogP contribution in [0.15, 0.2) is 17.0 Å². The van der Waals surface area contributed by atoms with Gasteiger partial charge in [0.1, 0.15) is 4.90 Å². The second kappa shape index (κ2) is 5.04. The molecule has 6 nitrogen and oxygen atoms in total. The molecule has 1 aliphatic rings. The number of primary sulfonamides is 1. The monoisotopic (exact) mass is 356 g/mol. The number of aliphatic hydroxyl groups is 1. The molecule has 1 heterocycles. The van der Waals surface area contributed by atoms with Crippen molar-refractivity contribution in [2.75, 3.05) is 12.8 Å². The Balaban J connectivity index is 2.66. The van der Waals surface area contributed by atoms with E-state index in [0.717, 1.165) is 22.7 Å². The van der Waals surface area contributed by atoms with Crippen molar-refractivity contribution in [3.05, 3.63) is 27.7 Å². The summed E-state index contributed by atoms with van der Waals surface area (Å²) in [6, 6.07) is 2.44. The van der Waals surface area contributed by atoms with Crippen LogP contribution in [0.2, 0.25) is 10.0 Å². The number of nitrogens with zero attached hydrogens (tertiary/aromatic N) is 1. The maximum absolute atomic E-state index is 11.5. The van der Waals surface area contributed by atoms with Gasteiger partial charge in [0.05, 0.1) is 15.8 Å². The smallest absolute Gasteiger partial charge is 0.284 e. The van der Waals surface area contributed by atoms with E-state index >= 15 is 0 Å². The highest BCUT2D eigenvalue weighted by molar-refractivity contribution is 8.13. The molecule has 1 atom stereocenters. The SMILES string of the molecule is CN1C(=O)SCC1(O)c1cc(Cl)c(Cl)c(S(N)(=O)=O)c1. The molecule has 1 amide bonds. The summed E-state index contributed by atoms with van der Waals surface area (Å²) in [5, 5.41) is 15.0. The van der Waals surface area contributed by atoms with Gasteiger partial charge in [-0.15, -0.1) is 0 Å². The number of rotatable bonds is 2. The molecule has 20 heavy (non-hydrogen) atoms. The molecule has 1 aliphatic heterocycles. The van der Waals surface area contributed by atoms with E-state index in [1.165, 1.54) is 13.1 Å². The first-order valence-corrected chi connectivity index (χ1v) is 8.51. The summed E-state index contributed by atoms with van der Waals surface area (Å²) < 4.78 is 23.0. The average molecular weight is 357 g/mol. The van der Waals surface area contributed by atoms with Crippen molar-refractivity contribution < 1.29 is 18.3 Å². The van der Waals surface area contributed by atoms with Crippen LogP contribution < -0.4 is 5.14 Å². The van der Waals surface area contributed by atoms with Gasteiger partial charge in [0, 0.05) is 12.6 Å². The molecule has 0 bridgehead atoms. The maximum Gasteiger partial charge on any atom is 0.284 e. The van der Waals surface area contributed by atoms with E-state index in [1.807, 2.05) is 0 Å². The normalized spacial score (nSPS) is 23.4. The predicted molar refractivity (Wildman–Crippen MR) is 77.3 cm³/mol. The van der Waals surface area contributed by atoms with Crippen LogP contribution in [0.4, 0.5) is 4.79 Å². The number of carbonyl (C=O) groups excluding carboxylic acids is 1. The van der Waals surface area contributed by atoms with Gasteiger partial charge in [-0.05, 0) is 12.1 Å². The number of benzene rings is 1. The average Bonchev–Trinajstić information content (AvgIpc) is 2.60. The molecule has 0 saturated carbocycles. The third kappa shape index (κ3) is 2.51. The molecule has 1 fully saturated rings. The quantitative estimate of drug-likeness (QED) is 0.837. The summed E-state index contributed by atoms with van der Waals surface area (Å²) in [5.41, 5.74) is -1.52. The number of thioether (sulfide) groups is 1. The number of carbonyl (C=O) groups is 1. The molecule has 0 aromatic heterocycles. The van der Waals surface area contributed by atoms with Crippen molar-refractivity contribution in [1.82, 2.24) is 4.90 Å². The minimum Gasteiger partial charge on any atom is -0.366 e. The molecular weight excluding hydrogens is 347 g/mol. The number of hydrogen-bond acceptors (Lipinski definition) is 5. The van der Waals surface area contributed by atoms with Crippen molar-refractivity contribution in [2.24, 2.45) is 5.14 Å². The predicted octanol–water partition coefficient (Wildman–Crippen LogP) is 1.58. The van der Waals surface area contributed by atoms with Gasteiger partial charge in [-0.25, -0.2) is 13.6 Å². The molecule has 1 unspecified atom stereocenters. The van der Waals surface area contributed by atoms with Crippen LogP contribution in [0.3, 0.4) is 0 Å². The molecule has 10 heteroatoms. The third-order valence-electron chi connectivity index (χ3n) is 2.99. The van der Waals surface area contributed by atoms with Crippen molar-refractivity contribution in [3.63, 3.8) is 0 Å². The lowest BCUT2D eigenvalue weighted by Crippen LogP contribution is -2.42. The van der Waals surface area contributed by atoms with Crippen LogP contribution in [0.25, 0.3) is 0 Å². The van der Waals surface area contributed by atoms with E-state index in [1.54, 1.807) is 0 Å². The second-order valence-electron chi connectivity index (χ2n) is 4.25. The summed E-state index contributed by atoms with van der Waals surface area (Å²) >= 11 is 12.6. The fourth-order valence-electron chi connectivity index (χ4n) is 1.79. The van der Waals surface area contributed by atoms with Crippen molar-refractivity contribution in [2.45, 2.75) is 10.6 Å². The number of sulfonamides is 1. The Morgan fingerprint density at radius 2 is 2.05 bits per heavy atom. The van der Waals surface area contributed by atoms with Crippen LogP contribution in [-0.2, 0) is 15.7 Å². The van der Waals surface area contributed by atoms with Gasteiger partial charge in [0.25, 0.3) is 5.24 Å². The summed E-state index contributed by atoms with van der Waals surface area (Å²) in [5.74, 6) is 0.0460. The Kier molecular flexibility index (Phi) is 4.00. The van der Waals surface area contributed by atoms with E-state index in [2.05, 4.69) is 0 Å². The zero-order chi connectivity index (χ0) is 15.3. The number of hydrogen-bond donors (Lipinski definition) is 2. The topological polar surface area (TPSA) is 101 Å². The number of nitrogens with two attached hydrogens (primary N) is 1. The first-order chi connectivity index (χ1) is 9.07. The highest BCUT2D eigenvalue weighted by Crippen LogP contribution is 2.41. The Bertz CT molecular complexity index is 695. The van der Waals surface area contributed by atoms with Crippen LogP contribution in [0.5, 0.6) is 0 Å². The molecule has 0 aliphatic carbocycles. The summed E-state index contributed by atoms with van der Waals surface area (Å²) in [6.07, 6.45) is 0. The number of halogens is 2. The molecule has 0 radical (unpaired) electrons. The van der Waals surface area contributed by atoms with Crippen molar-refractivity contribution >= 4 is 50.2 Å². The second-order valence-corrected chi connectivity index (χ2v) is 7.49. The first kappa shape index (κ1) is 15.9. The lowest BCUT2D eigenvalue weighted by molar-refractivity contribution is -0.0430. The van der Waals surface area contributed by atoms with Crippen LogP contribution in [0, 0.1) is 0 Å². The number of amides is 1. The van der Waals surface area contributed by atoms with E-state index in [4.69, 9.17) is 28.3 Å². The molecular formula is C10H10Cl2N2O4S2. The maximum atomic E-state index is 11.5. The van der Waals surface area contributed by atoms with Gasteiger partial charge in [-0.2, -0.15) is 0 Å². The van der Waals surface area contributed by atoms with E-state index in [0.29, 0.717) is 0 Å². The summed E-state index contributed by atoms with van der Waals surface area (Å²) in [6.45, 7) is 0. The van der Waals surface area contributed by atoms with Crippen LogP contribution in [0.1, 0.15) is 5.56 Å². The van der Waals surface area contributed by atoms with Crippen LogP contribution in [-0.4, -0.2) is 36.5 Å². The Hall–Kier alpha value is -0.510. The zero-order valence-corrected chi connectivity index (χ0v) is 13.3. The summed E-state index contributed by atoms with van der Waals surface area (Å²) in [4.78, 5) is 12.2. The standard InChI is InChI=1S/C10H10Cl2N2O4S2/c1-14-9(15)19-4-10(14,16)5-2-6(11)8(12)7(3-5)20(13,17)18/h2-3,16H,4H2,1H3,(H2,13,17,18). The highest BCUT2D eigenvalue weighted by atomic mass is 35.5. The fraction of sp³-hybridized carbons (Fsp3) is 0.300. The van der Waals surface area contributed by atoms with Gasteiger partial charge in [0.15, 0.2) is 5.72 Å². The summed E-state index contributed by atoms with van der Waals surface area (Å²) in [7, 11) is -2.70. The molecule has 1 aromatic rings. The first-order valence-electron chi connectivity index (χ1n) is 5.22.